The topological polar surface area (TPSA) is 26.3 Å². The Morgan fingerprint density at radius 2 is 2.33 bits per heavy atom. The lowest BCUT2D eigenvalue weighted by Crippen LogP contribution is -1.98. The molecule has 0 aliphatic rings. The monoisotopic (exact) mass is 206 g/mol. The molecule has 15 heavy (non-hydrogen) atoms. The molecule has 0 aromatic heterocycles. The second kappa shape index (κ2) is 5.82. The minimum absolute atomic E-state index is 0.151. The highest BCUT2D eigenvalue weighted by molar-refractivity contribution is 5.74. The van der Waals surface area contributed by atoms with E-state index in [0.29, 0.717) is 24.9 Å². The van der Waals surface area contributed by atoms with E-state index in [1.807, 2.05) is 0 Å². The summed E-state index contributed by atoms with van der Waals surface area (Å²) < 4.78 is 18.4. The van der Waals surface area contributed by atoms with Gasteiger partial charge < -0.3 is 4.74 Å². The molecule has 0 atom stereocenters. The second-order valence-corrected chi connectivity index (χ2v) is 2.83. The van der Waals surface area contributed by atoms with Crippen LogP contribution in [0.3, 0.4) is 0 Å². The molecule has 0 unspecified atom stereocenters. The van der Waals surface area contributed by atoms with Gasteiger partial charge in [0.1, 0.15) is 6.29 Å². The van der Waals surface area contributed by atoms with Crippen LogP contribution in [0.15, 0.2) is 18.2 Å². The average molecular weight is 206 g/mol. The Balaban J connectivity index is 2.60. The molecule has 0 saturated carbocycles. The number of aldehydes is 1. The lowest BCUT2D eigenvalue weighted by molar-refractivity contribution is 0.112. The molecule has 1 aromatic carbocycles. The number of hydrogen-bond donors (Lipinski definition) is 0. The van der Waals surface area contributed by atoms with Crippen molar-refractivity contribution in [2.24, 2.45) is 0 Å². The third kappa shape index (κ3) is 3.43. The van der Waals surface area contributed by atoms with Gasteiger partial charge in [0.2, 0.25) is 0 Å². The van der Waals surface area contributed by atoms with Gasteiger partial charge in [-0.2, -0.15) is 0 Å². The van der Waals surface area contributed by atoms with Crippen molar-refractivity contribution in [3.05, 3.63) is 29.6 Å². The van der Waals surface area contributed by atoms with Crippen LogP contribution >= 0.6 is 0 Å². The summed E-state index contributed by atoms with van der Waals surface area (Å²) in [6.45, 7) is 2.08. The summed E-state index contributed by atoms with van der Waals surface area (Å²) >= 11 is 0. The molecule has 2 nitrogen and oxygen atoms in total. The van der Waals surface area contributed by atoms with Crippen LogP contribution in [-0.4, -0.2) is 12.9 Å². The maximum absolute atomic E-state index is 13.2. The SMILES string of the molecule is CC#CCCOc1ccc(C=O)cc1F. The Labute approximate surface area is 88.1 Å². The Hall–Kier alpha value is -1.82. The molecule has 0 N–H and O–H groups in total. The predicted octanol–water partition coefficient (Wildman–Crippen LogP) is 2.43. The molecule has 3 heteroatoms. The first kappa shape index (κ1) is 11.3. The first-order chi connectivity index (χ1) is 7.27. The van der Waals surface area contributed by atoms with Crippen molar-refractivity contribution < 1.29 is 13.9 Å². The van der Waals surface area contributed by atoms with Gasteiger partial charge in [-0.05, 0) is 25.1 Å². The van der Waals surface area contributed by atoms with Gasteiger partial charge in [0, 0.05) is 12.0 Å². The Kier molecular flexibility index (Phi) is 4.36. The zero-order chi connectivity index (χ0) is 11.1. The number of rotatable bonds is 4. The molecule has 1 rings (SSSR count). The maximum atomic E-state index is 13.2. The maximum Gasteiger partial charge on any atom is 0.165 e. The summed E-state index contributed by atoms with van der Waals surface area (Å²) in [5.41, 5.74) is 0.299. The fourth-order valence-electron chi connectivity index (χ4n) is 1.04. The van der Waals surface area contributed by atoms with Gasteiger partial charge in [0.15, 0.2) is 11.6 Å². The summed E-state index contributed by atoms with van der Waals surface area (Å²) in [5, 5.41) is 0. The molecule has 1 aromatic rings. The fourth-order valence-corrected chi connectivity index (χ4v) is 1.04. The zero-order valence-electron chi connectivity index (χ0n) is 8.42. The molecule has 0 fully saturated rings. The highest BCUT2D eigenvalue weighted by atomic mass is 19.1. The number of hydrogen-bond acceptors (Lipinski definition) is 2. The molecule has 0 saturated heterocycles. The number of ether oxygens (including phenoxy) is 1. The Bertz CT molecular complexity index is 402. The van der Waals surface area contributed by atoms with Crippen LogP contribution in [0.25, 0.3) is 0 Å². The van der Waals surface area contributed by atoms with Crippen LogP contribution in [0.5, 0.6) is 5.75 Å². The van der Waals surface area contributed by atoms with Crippen molar-refractivity contribution in [3.63, 3.8) is 0 Å². The first-order valence-electron chi connectivity index (χ1n) is 4.55. The number of carbonyl (C=O) groups excluding carboxylic acids is 1. The highest BCUT2D eigenvalue weighted by Crippen LogP contribution is 2.17. The van der Waals surface area contributed by atoms with Gasteiger partial charge in [0.25, 0.3) is 0 Å². The van der Waals surface area contributed by atoms with E-state index in [0.717, 1.165) is 6.07 Å². The van der Waals surface area contributed by atoms with Crippen LogP contribution in [-0.2, 0) is 0 Å². The van der Waals surface area contributed by atoms with Gasteiger partial charge in [-0.15, -0.1) is 11.8 Å². The van der Waals surface area contributed by atoms with Gasteiger partial charge in [-0.3, -0.25) is 4.79 Å². The molecule has 0 heterocycles. The average Bonchev–Trinajstić information content (AvgIpc) is 2.26. The molecule has 0 spiro atoms. The minimum Gasteiger partial charge on any atom is -0.490 e. The highest BCUT2D eigenvalue weighted by Gasteiger charge is 2.03. The molecular formula is C12H11FO2. The minimum atomic E-state index is -0.524. The van der Waals surface area contributed by atoms with E-state index in [1.54, 1.807) is 6.92 Å². The van der Waals surface area contributed by atoms with Crippen molar-refractivity contribution in [3.8, 4) is 17.6 Å². The van der Waals surface area contributed by atoms with E-state index < -0.39 is 5.82 Å². The standard InChI is InChI=1S/C12H11FO2/c1-2-3-4-7-15-12-6-5-10(9-14)8-11(12)13/h5-6,8-9H,4,7H2,1H3. The molecule has 0 amide bonds. The van der Waals surface area contributed by atoms with Crippen LogP contribution in [0.2, 0.25) is 0 Å². The van der Waals surface area contributed by atoms with Crippen LogP contribution in [0.4, 0.5) is 4.39 Å². The van der Waals surface area contributed by atoms with E-state index in [1.165, 1.54) is 12.1 Å². The summed E-state index contributed by atoms with van der Waals surface area (Å²) in [6.07, 6.45) is 1.15. The van der Waals surface area contributed by atoms with Gasteiger partial charge in [0.05, 0.1) is 6.61 Å². The van der Waals surface area contributed by atoms with Crippen LogP contribution < -0.4 is 4.74 Å². The largest absolute Gasteiger partial charge is 0.490 e. The van der Waals surface area contributed by atoms with Crippen molar-refractivity contribution in [1.29, 1.82) is 0 Å². The molecule has 0 aliphatic heterocycles. The molecule has 0 aliphatic carbocycles. The van der Waals surface area contributed by atoms with Gasteiger partial charge >= 0.3 is 0 Å². The smallest absolute Gasteiger partial charge is 0.165 e. The summed E-state index contributed by atoms with van der Waals surface area (Å²) in [5.74, 6) is 5.15. The number of benzene rings is 1. The van der Waals surface area contributed by atoms with Gasteiger partial charge in [-0.25, -0.2) is 4.39 Å². The summed E-state index contributed by atoms with van der Waals surface area (Å²) in [6, 6.07) is 4.10. The van der Waals surface area contributed by atoms with Gasteiger partial charge in [-0.1, -0.05) is 0 Å². The number of halogens is 1. The van der Waals surface area contributed by atoms with Crippen molar-refractivity contribution in [2.75, 3.05) is 6.61 Å². The number of carbonyl (C=O) groups is 1. The van der Waals surface area contributed by atoms with Crippen molar-refractivity contribution >= 4 is 6.29 Å². The molecule has 78 valence electrons. The molecule has 0 radical (unpaired) electrons. The van der Waals surface area contributed by atoms with Crippen molar-refractivity contribution in [2.45, 2.75) is 13.3 Å². The predicted molar refractivity (Wildman–Crippen MR) is 55.3 cm³/mol. The normalized spacial score (nSPS) is 8.93. The molecule has 0 bridgehead atoms. The third-order valence-electron chi connectivity index (χ3n) is 1.75. The fraction of sp³-hybridized carbons (Fsp3) is 0.250. The van der Waals surface area contributed by atoms with Crippen LogP contribution in [0.1, 0.15) is 23.7 Å². The Morgan fingerprint density at radius 3 is 2.93 bits per heavy atom. The quantitative estimate of drug-likeness (QED) is 0.429. The van der Waals surface area contributed by atoms with E-state index in [9.17, 15) is 9.18 Å². The third-order valence-corrected chi connectivity index (χ3v) is 1.75. The van der Waals surface area contributed by atoms with Crippen LogP contribution in [0, 0.1) is 17.7 Å². The molecular weight excluding hydrogens is 195 g/mol. The first-order valence-corrected chi connectivity index (χ1v) is 4.55. The Morgan fingerprint density at radius 1 is 1.53 bits per heavy atom. The van der Waals surface area contributed by atoms with E-state index in [-0.39, 0.29) is 5.75 Å². The lowest BCUT2D eigenvalue weighted by atomic mass is 10.2. The van der Waals surface area contributed by atoms with Crippen molar-refractivity contribution in [1.82, 2.24) is 0 Å². The lowest BCUT2D eigenvalue weighted by Gasteiger charge is -2.05. The second-order valence-electron chi connectivity index (χ2n) is 2.83. The summed E-state index contributed by atoms with van der Waals surface area (Å²) in [4.78, 5) is 10.3. The van der Waals surface area contributed by atoms with E-state index >= 15 is 0 Å². The summed E-state index contributed by atoms with van der Waals surface area (Å²) in [7, 11) is 0. The van der Waals surface area contributed by atoms with E-state index in [4.69, 9.17) is 4.74 Å². The zero-order valence-corrected chi connectivity index (χ0v) is 8.42. The van der Waals surface area contributed by atoms with E-state index in [2.05, 4.69) is 11.8 Å².